The van der Waals surface area contributed by atoms with Gasteiger partial charge in [0, 0.05) is 31.5 Å². The lowest BCUT2D eigenvalue weighted by Gasteiger charge is -2.27. The van der Waals surface area contributed by atoms with E-state index in [0.717, 1.165) is 0 Å². The summed E-state index contributed by atoms with van der Waals surface area (Å²) in [6, 6.07) is -0.716. The SMILES string of the molecule is C=CCN(C(=O)COC)C(C)C(=O)c1c(C)c(C(=O)OC)n(CC)c1C. The first-order valence-electron chi connectivity index (χ1n) is 8.48. The zero-order valence-electron chi connectivity index (χ0n) is 16.4. The third kappa shape index (κ3) is 4.04. The molecule has 1 aromatic heterocycles. The number of Topliss-reactive ketones (excluding diaryl/α,β-unsaturated/α-hetero) is 1. The molecule has 1 heterocycles. The Balaban J connectivity index is 3.39. The molecule has 0 fully saturated rings. The van der Waals surface area contributed by atoms with Crippen molar-refractivity contribution < 1.29 is 23.9 Å². The molecule has 0 aliphatic carbocycles. The van der Waals surface area contributed by atoms with Crippen LogP contribution < -0.4 is 0 Å². The molecule has 1 unspecified atom stereocenters. The smallest absolute Gasteiger partial charge is 0.354 e. The highest BCUT2D eigenvalue weighted by Gasteiger charge is 2.32. The minimum atomic E-state index is -0.716. The van der Waals surface area contributed by atoms with Crippen LogP contribution in [-0.4, -0.2) is 60.5 Å². The van der Waals surface area contributed by atoms with Gasteiger partial charge in [-0.25, -0.2) is 4.79 Å². The van der Waals surface area contributed by atoms with Crippen LogP contribution in [0.15, 0.2) is 12.7 Å². The maximum Gasteiger partial charge on any atom is 0.354 e. The van der Waals surface area contributed by atoms with Crippen molar-refractivity contribution in [1.82, 2.24) is 9.47 Å². The summed E-state index contributed by atoms with van der Waals surface area (Å²) in [5, 5.41) is 0. The van der Waals surface area contributed by atoms with Gasteiger partial charge in [-0.05, 0) is 33.3 Å². The molecule has 144 valence electrons. The predicted molar refractivity (Wildman–Crippen MR) is 98.5 cm³/mol. The fourth-order valence-electron chi connectivity index (χ4n) is 3.19. The van der Waals surface area contributed by atoms with Gasteiger partial charge in [0.05, 0.1) is 13.2 Å². The van der Waals surface area contributed by atoms with Crippen molar-refractivity contribution in [2.45, 2.75) is 40.3 Å². The molecule has 0 spiro atoms. The average Bonchev–Trinajstić information content (AvgIpc) is 2.87. The summed E-state index contributed by atoms with van der Waals surface area (Å²) in [6.07, 6.45) is 1.56. The van der Waals surface area contributed by atoms with Crippen molar-refractivity contribution in [2.24, 2.45) is 0 Å². The van der Waals surface area contributed by atoms with Gasteiger partial charge in [0.1, 0.15) is 12.3 Å². The quantitative estimate of drug-likeness (QED) is 0.381. The Kier molecular flexibility index (Phi) is 7.76. The summed E-state index contributed by atoms with van der Waals surface area (Å²) >= 11 is 0. The van der Waals surface area contributed by atoms with E-state index in [2.05, 4.69) is 6.58 Å². The van der Waals surface area contributed by atoms with Crippen molar-refractivity contribution in [3.63, 3.8) is 0 Å². The lowest BCUT2D eigenvalue weighted by molar-refractivity contribution is -0.135. The molecule has 1 atom stereocenters. The largest absolute Gasteiger partial charge is 0.464 e. The van der Waals surface area contributed by atoms with Crippen LogP contribution in [0.3, 0.4) is 0 Å². The number of carbonyl (C=O) groups excluding carboxylic acids is 3. The van der Waals surface area contributed by atoms with Gasteiger partial charge in [0.2, 0.25) is 5.91 Å². The van der Waals surface area contributed by atoms with Gasteiger partial charge in [0.15, 0.2) is 5.78 Å². The number of methoxy groups -OCH3 is 2. The average molecular weight is 364 g/mol. The molecule has 0 aromatic carbocycles. The van der Waals surface area contributed by atoms with E-state index in [-0.39, 0.29) is 24.8 Å². The minimum absolute atomic E-state index is 0.118. The van der Waals surface area contributed by atoms with E-state index >= 15 is 0 Å². The first-order valence-corrected chi connectivity index (χ1v) is 8.48. The molecule has 0 bridgehead atoms. The summed E-state index contributed by atoms with van der Waals surface area (Å²) in [7, 11) is 2.73. The number of esters is 1. The van der Waals surface area contributed by atoms with Gasteiger partial charge in [0.25, 0.3) is 0 Å². The molecular weight excluding hydrogens is 336 g/mol. The Morgan fingerprint density at radius 1 is 1.27 bits per heavy atom. The first kappa shape index (κ1) is 21.6. The zero-order chi connectivity index (χ0) is 20.0. The van der Waals surface area contributed by atoms with Crippen molar-refractivity contribution >= 4 is 17.7 Å². The van der Waals surface area contributed by atoms with Crippen LogP contribution in [0.2, 0.25) is 0 Å². The van der Waals surface area contributed by atoms with Gasteiger partial charge in [-0.3, -0.25) is 9.59 Å². The highest BCUT2D eigenvalue weighted by molar-refractivity contribution is 6.06. The van der Waals surface area contributed by atoms with Crippen molar-refractivity contribution in [2.75, 3.05) is 27.4 Å². The number of hydrogen-bond donors (Lipinski definition) is 0. The third-order valence-corrected chi connectivity index (χ3v) is 4.47. The second kappa shape index (κ2) is 9.33. The van der Waals surface area contributed by atoms with Crippen LogP contribution in [0.4, 0.5) is 0 Å². The Labute approximate surface area is 154 Å². The summed E-state index contributed by atoms with van der Waals surface area (Å²) in [5.41, 5.74) is 2.05. The van der Waals surface area contributed by atoms with Gasteiger partial charge in [-0.15, -0.1) is 6.58 Å². The monoisotopic (exact) mass is 364 g/mol. The zero-order valence-corrected chi connectivity index (χ0v) is 16.4. The Bertz CT molecular complexity index is 705. The normalized spacial score (nSPS) is 11.8. The molecule has 0 aliphatic heterocycles. The highest BCUT2D eigenvalue weighted by atomic mass is 16.5. The molecular formula is C19H28N2O5. The molecule has 26 heavy (non-hydrogen) atoms. The van der Waals surface area contributed by atoms with E-state index in [9.17, 15) is 14.4 Å². The molecule has 0 aliphatic rings. The van der Waals surface area contributed by atoms with Crippen molar-refractivity contribution in [1.29, 1.82) is 0 Å². The van der Waals surface area contributed by atoms with Gasteiger partial charge in [-0.1, -0.05) is 6.08 Å². The van der Waals surface area contributed by atoms with Crippen LogP contribution in [0, 0.1) is 13.8 Å². The lowest BCUT2D eigenvalue weighted by atomic mass is 9.99. The van der Waals surface area contributed by atoms with E-state index in [1.54, 1.807) is 31.4 Å². The van der Waals surface area contributed by atoms with E-state index in [1.807, 2.05) is 6.92 Å². The maximum atomic E-state index is 13.2. The van der Waals surface area contributed by atoms with Gasteiger partial charge >= 0.3 is 5.97 Å². The summed E-state index contributed by atoms with van der Waals surface area (Å²) < 4.78 is 11.5. The molecule has 1 aromatic rings. The molecule has 0 saturated heterocycles. The molecule has 1 rings (SSSR count). The molecule has 7 heteroatoms. The van der Waals surface area contributed by atoms with E-state index in [1.165, 1.54) is 19.1 Å². The molecule has 0 radical (unpaired) electrons. The van der Waals surface area contributed by atoms with Crippen molar-refractivity contribution in [3.05, 3.63) is 35.2 Å². The lowest BCUT2D eigenvalue weighted by Crippen LogP contribution is -2.45. The fraction of sp³-hybridized carbons (Fsp3) is 0.526. The number of nitrogens with zero attached hydrogens (tertiary/aromatic N) is 2. The Morgan fingerprint density at radius 3 is 2.35 bits per heavy atom. The van der Waals surface area contributed by atoms with Crippen molar-refractivity contribution in [3.8, 4) is 0 Å². The first-order chi connectivity index (χ1) is 12.3. The standard InChI is InChI=1S/C19H28N2O5/c1-8-10-21(15(22)11-25-6)14(5)18(23)16-12(3)17(19(24)26-7)20(9-2)13(16)4/h8,14H,1,9-11H2,2-7H3. The molecule has 0 saturated carbocycles. The van der Waals surface area contributed by atoms with Gasteiger partial charge in [-0.2, -0.15) is 0 Å². The number of amides is 1. The van der Waals surface area contributed by atoms with Crippen LogP contribution in [0.5, 0.6) is 0 Å². The number of carbonyl (C=O) groups is 3. The second-order valence-electron chi connectivity index (χ2n) is 5.98. The van der Waals surface area contributed by atoms with Gasteiger partial charge < -0.3 is 18.9 Å². The predicted octanol–water partition coefficient (Wildman–Crippen LogP) is 2.14. The van der Waals surface area contributed by atoms with Crippen LogP contribution in [-0.2, 0) is 20.8 Å². The topological polar surface area (TPSA) is 77.8 Å². The number of ether oxygens (including phenoxy) is 2. The highest BCUT2D eigenvalue weighted by Crippen LogP contribution is 2.25. The number of aromatic nitrogens is 1. The fourth-order valence-corrected chi connectivity index (χ4v) is 3.19. The second-order valence-corrected chi connectivity index (χ2v) is 5.98. The number of rotatable bonds is 9. The molecule has 1 amide bonds. The third-order valence-electron chi connectivity index (χ3n) is 4.47. The summed E-state index contributed by atoms with van der Waals surface area (Å²) in [6.45, 7) is 11.4. The summed E-state index contributed by atoms with van der Waals surface area (Å²) in [4.78, 5) is 39.0. The van der Waals surface area contributed by atoms with Crippen LogP contribution >= 0.6 is 0 Å². The van der Waals surface area contributed by atoms with E-state index in [0.29, 0.717) is 29.1 Å². The molecule has 0 N–H and O–H groups in total. The van der Waals surface area contributed by atoms with E-state index < -0.39 is 12.0 Å². The maximum absolute atomic E-state index is 13.2. The van der Waals surface area contributed by atoms with Crippen LogP contribution in [0.25, 0.3) is 0 Å². The number of hydrogen-bond acceptors (Lipinski definition) is 5. The number of ketones is 1. The van der Waals surface area contributed by atoms with E-state index in [4.69, 9.17) is 9.47 Å². The van der Waals surface area contributed by atoms with Crippen LogP contribution in [0.1, 0.15) is 46.0 Å². The molecule has 7 nitrogen and oxygen atoms in total. The Morgan fingerprint density at radius 2 is 1.88 bits per heavy atom. The Hall–Kier alpha value is -2.41. The summed E-state index contributed by atoms with van der Waals surface area (Å²) in [5.74, 6) is -1.02. The minimum Gasteiger partial charge on any atom is -0.464 e.